The molecule has 16 heteroatoms. The highest BCUT2D eigenvalue weighted by molar-refractivity contribution is 7.87. The molecule has 34 heavy (non-hydrogen) atoms. The van der Waals surface area contributed by atoms with Gasteiger partial charge in [-0.05, 0) is 41.8 Å². The first kappa shape index (κ1) is 25.5. The van der Waals surface area contributed by atoms with Crippen LogP contribution in [0.15, 0.2) is 68.6 Å². The highest BCUT2D eigenvalue weighted by atomic mass is 32.2. The van der Waals surface area contributed by atoms with Gasteiger partial charge in [0.15, 0.2) is 0 Å². The largest absolute Gasteiger partial charge is 0.747 e. The van der Waals surface area contributed by atoms with Crippen molar-refractivity contribution in [2.45, 2.75) is 9.79 Å². The molecular formula is C18H16N3O10S3-. The third-order valence-electron chi connectivity index (χ3n) is 4.35. The van der Waals surface area contributed by atoms with Crippen LogP contribution in [-0.4, -0.2) is 51.9 Å². The lowest BCUT2D eigenvalue weighted by Gasteiger charge is -2.13. The first-order valence-electron chi connectivity index (χ1n) is 8.97. The van der Waals surface area contributed by atoms with Gasteiger partial charge in [0.05, 0.1) is 29.1 Å². The third kappa shape index (κ3) is 6.25. The second kappa shape index (κ2) is 9.24. The lowest BCUT2D eigenvalue weighted by Crippen LogP contribution is -2.13. The van der Waals surface area contributed by atoms with Crippen molar-refractivity contribution in [1.29, 1.82) is 0 Å². The maximum atomic E-state index is 11.8. The van der Waals surface area contributed by atoms with Crippen molar-refractivity contribution in [2.75, 3.05) is 18.3 Å². The van der Waals surface area contributed by atoms with Gasteiger partial charge >= 0.3 is 0 Å². The van der Waals surface area contributed by atoms with E-state index in [1.807, 2.05) is 0 Å². The van der Waals surface area contributed by atoms with Crippen molar-refractivity contribution in [2.24, 2.45) is 10.2 Å². The lowest BCUT2D eigenvalue weighted by molar-refractivity contribution is 0.416. The Morgan fingerprint density at radius 2 is 1.50 bits per heavy atom. The molecule has 0 radical (unpaired) electrons. The SMILES string of the molecule is COc1cc(N=Nc2ccc3cc(S(=O)(=O)O)cc(S(=O)(=O)O)c3c2)ccc1NCS(=O)(=O)[O-]. The maximum Gasteiger partial charge on any atom is 0.295 e. The molecule has 0 bridgehead atoms. The van der Waals surface area contributed by atoms with Crippen LogP contribution in [0, 0.1) is 0 Å². The van der Waals surface area contributed by atoms with Gasteiger partial charge in [-0.1, -0.05) is 6.07 Å². The summed E-state index contributed by atoms with van der Waals surface area (Å²) in [5.74, 6) is -0.679. The highest BCUT2D eigenvalue weighted by Crippen LogP contribution is 2.33. The van der Waals surface area contributed by atoms with Gasteiger partial charge < -0.3 is 14.6 Å². The van der Waals surface area contributed by atoms with Gasteiger partial charge in [0.2, 0.25) is 0 Å². The Kier molecular flexibility index (Phi) is 6.92. The Hall–Kier alpha value is -3.15. The summed E-state index contributed by atoms with van der Waals surface area (Å²) in [4.78, 5) is -1.47. The Morgan fingerprint density at radius 3 is 2.06 bits per heavy atom. The van der Waals surface area contributed by atoms with Crippen LogP contribution < -0.4 is 10.1 Å². The van der Waals surface area contributed by atoms with Gasteiger partial charge in [-0.25, -0.2) is 8.42 Å². The van der Waals surface area contributed by atoms with E-state index in [0.717, 1.165) is 6.07 Å². The van der Waals surface area contributed by atoms with Crippen LogP contribution in [-0.2, 0) is 30.4 Å². The zero-order valence-electron chi connectivity index (χ0n) is 17.1. The predicted molar refractivity (Wildman–Crippen MR) is 119 cm³/mol. The summed E-state index contributed by atoms with van der Waals surface area (Å²) >= 11 is 0. The molecule has 0 spiro atoms. The normalized spacial score (nSPS) is 12.8. The molecule has 0 aromatic heterocycles. The molecule has 0 aliphatic carbocycles. The lowest BCUT2D eigenvalue weighted by atomic mass is 10.1. The number of anilines is 1. The molecule has 0 heterocycles. The molecule has 0 aliphatic rings. The third-order valence-corrected chi connectivity index (χ3v) is 6.58. The van der Waals surface area contributed by atoms with Crippen LogP contribution >= 0.6 is 0 Å². The van der Waals surface area contributed by atoms with Crippen molar-refractivity contribution < 1.29 is 43.6 Å². The molecule has 0 amide bonds. The molecule has 0 saturated carbocycles. The number of azo groups is 1. The number of nitrogens with zero attached hydrogens (tertiary/aromatic N) is 2. The number of benzene rings is 3. The van der Waals surface area contributed by atoms with Crippen LogP contribution in [0.25, 0.3) is 10.8 Å². The average molecular weight is 531 g/mol. The van der Waals surface area contributed by atoms with E-state index in [4.69, 9.17) is 4.74 Å². The molecule has 3 rings (SSSR count). The Balaban J connectivity index is 2.00. The molecule has 0 fully saturated rings. The number of methoxy groups -OCH3 is 1. The highest BCUT2D eigenvalue weighted by Gasteiger charge is 2.20. The van der Waals surface area contributed by atoms with E-state index in [-0.39, 0.29) is 33.6 Å². The number of ether oxygens (including phenoxy) is 1. The molecule has 13 nitrogen and oxygen atoms in total. The zero-order chi connectivity index (χ0) is 25.3. The van der Waals surface area contributed by atoms with E-state index in [2.05, 4.69) is 15.5 Å². The van der Waals surface area contributed by atoms with Crippen molar-refractivity contribution in [3.05, 3.63) is 48.5 Å². The Bertz CT molecular complexity index is 1620. The molecule has 0 unspecified atom stereocenters. The van der Waals surface area contributed by atoms with Crippen molar-refractivity contribution in [3.8, 4) is 5.75 Å². The summed E-state index contributed by atoms with van der Waals surface area (Å²) in [5, 5.41) is 10.4. The summed E-state index contributed by atoms with van der Waals surface area (Å²) in [6.07, 6.45) is 0. The monoisotopic (exact) mass is 530 g/mol. The average Bonchev–Trinajstić information content (AvgIpc) is 2.73. The van der Waals surface area contributed by atoms with Crippen LogP contribution in [0.2, 0.25) is 0 Å². The van der Waals surface area contributed by atoms with E-state index in [0.29, 0.717) is 6.07 Å². The van der Waals surface area contributed by atoms with Crippen LogP contribution in [0.5, 0.6) is 5.75 Å². The number of hydrogen-bond acceptors (Lipinski definition) is 11. The number of rotatable bonds is 8. The standard InChI is InChI=1S/C18H17N3O10S3/c1-31-17-8-13(4-5-16(17)19-10-32(22,23)24)21-20-12-3-2-11-6-14(33(25,26)27)9-18(15(11)7-12)34(28,29)30/h2-9,19H,10H2,1H3,(H,22,23,24)(H,25,26,27)(H,28,29,30)/p-1. The Labute approximate surface area is 194 Å². The van der Waals surface area contributed by atoms with E-state index >= 15 is 0 Å². The minimum atomic E-state index is -4.86. The Morgan fingerprint density at radius 1 is 0.882 bits per heavy atom. The van der Waals surface area contributed by atoms with Gasteiger partial charge in [-0.2, -0.15) is 27.1 Å². The van der Waals surface area contributed by atoms with Crippen LogP contribution in [0.1, 0.15) is 0 Å². The van der Waals surface area contributed by atoms with Crippen molar-refractivity contribution >= 4 is 58.2 Å². The van der Waals surface area contributed by atoms with Gasteiger partial charge in [0.1, 0.15) is 26.6 Å². The quantitative estimate of drug-likeness (QED) is 0.284. The maximum absolute atomic E-state index is 11.8. The summed E-state index contributed by atoms with van der Waals surface area (Å²) in [6, 6.07) is 9.84. The fourth-order valence-electron chi connectivity index (χ4n) is 2.88. The summed E-state index contributed by atoms with van der Waals surface area (Å²) in [5.41, 5.74) is 0.610. The molecular weight excluding hydrogens is 514 g/mol. The second-order valence-electron chi connectivity index (χ2n) is 6.74. The van der Waals surface area contributed by atoms with Gasteiger partial charge in [0.25, 0.3) is 20.2 Å². The fraction of sp³-hybridized carbons (Fsp3) is 0.111. The summed E-state index contributed by atoms with van der Waals surface area (Å²) in [7, 11) is -12.8. The van der Waals surface area contributed by atoms with Crippen molar-refractivity contribution in [3.63, 3.8) is 0 Å². The summed E-state index contributed by atoms with van der Waals surface area (Å²) < 4.78 is 103. The van der Waals surface area contributed by atoms with Crippen molar-refractivity contribution in [1.82, 2.24) is 0 Å². The first-order chi connectivity index (χ1) is 15.7. The minimum absolute atomic E-state index is 0.0673. The van der Waals surface area contributed by atoms with E-state index in [9.17, 15) is 38.9 Å². The molecule has 0 aliphatic heterocycles. The van der Waals surface area contributed by atoms with Crippen LogP contribution in [0.4, 0.5) is 17.1 Å². The fourth-order valence-corrected chi connectivity index (χ4v) is 4.56. The number of nitrogens with one attached hydrogen (secondary N) is 1. The number of hydrogen-bond donors (Lipinski definition) is 3. The topological polar surface area (TPSA) is 212 Å². The summed E-state index contributed by atoms with van der Waals surface area (Å²) in [6.45, 7) is 0. The molecule has 3 aromatic rings. The van der Waals surface area contributed by atoms with E-state index in [1.165, 1.54) is 43.5 Å². The molecule has 3 N–H and O–H groups in total. The predicted octanol–water partition coefficient (Wildman–Crippen LogP) is 2.67. The van der Waals surface area contributed by atoms with E-state index < -0.39 is 46.0 Å². The van der Waals surface area contributed by atoms with Gasteiger partial charge in [-0.15, -0.1) is 0 Å². The minimum Gasteiger partial charge on any atom is -0.747 e. The zero-order valence-corrected chi connectivity index (χ0v) is 19.6. The van der Waals surface area contributed by atoms with Gasteiger partial charge in [-0.3, -0.25) is 9.11 Å². The molecule has 182 valence electrons. The molecule has 3 aromatic carbocycles. The van der Waals surface area contributed by atoms with Gasteiger partial charge in [0, 0.05) is 11.5 Å². The first-order valence-corrected chi connectivity index (χ1v) is 13.4. The van der Waals surface area contributed by atoms with E-state index in [1.54, 1.807) is 0 Å². The van der Waals surface area contributed by atoms with Crippen LogP contribution in [0.3, 0.4) is 0 Å². The number of fused-ring (bicyclic) bond motifs is 1. The smallest absolute Gasteiger partial charge is 0.295 e. The molecule has 0 saturated heterocycles. The molecule has 0 atom stereocenters. The second-order valence-corrected chi connectivity index (χ2v) is 11.0.